The third-order valence-electron chi connectivity index (χ3n) is 6.16. The van der Waals surface area contributed by atoms with Gasteiger partial charge < -0.3 is 19.4 Å². The molecular formula is C27H55NO4P+. The van der Waals surface area contributed by atoms with E-state index < -0.39 is 12.9 Å². The zero-order chi connectivity index (χ0) is 25.1. The summed E-state index contributed by atoms with van der Waals surface area (Å²) in [5, 5.41) is 8.64. The predicted molar refractivity (Wildman–Crippen MR) is 142 cm³/mol. The van der Waals surface area contributed by atoms with Crippen LogP contribution in [0.5, 0.6) is 0 Å². The molecule has 0 rings (SSSR count). The largest absolute Gasteiger partial charge is 0.373 e. The van der Waals surface area contributed by atoms with Crippen molar-refractivity contribution in [2.24, 2.45) is 0 Å². The van der Waals surface area contributed by atoms with E-state index in [4.69, 9.17) is 0 Å². The van der Waals surface area contributed by atoms with Crippen molar-refractivity contribution in [2.45, 2.75) is 121 Å². The van der Waals surface area contributed by atoms with Crippen LogP contribution in [0.1, 0.15) is 116 Å². The lowest BCUT2D eigenvalue weighted by Gasteiger charge is -2.35. The van der Waals surface area contributed by atoms with Gasteiger partial charge in [0.1, 0.15) is 6.54 Å². The molecule has 0 saturated heterocycles. The molecule has 196 valence electrons. The second-order valence-electron chi connectivity index (χ2n) is 10.8. The number of nitrogens with zero attached hydrogens (tertiary/aromatic N) is 1. The highest BCUT2D eigenvalue weighted by Gasteiger charge is 2.48. The summed E-state index contributed by atoms with van der Waals surface area (Å²) in [4.78, 5) is 19.2. The van der Waals surface area contributed by atoms with E-state index >= 15 is 0 Å². The van der Waals surface area contributed by atoms with E-state index in [1.54, 1.807) is 0 Å². The molecular weight excluding hydrogens is 433 g/mol. The highest BCUT2D eigenvalue weighted by molar-refractivity contribution is 7.53. The molecule has 0 fully saturated rings. The Labute approximate surface area is 205 Å². The lowest BCUT2D eigenvalue weighted by atomic mass is 10.0. The molecule has 0 amide bonds. The van der Waals surface area contributed by atoms with Crippen LogP contribution in [0.2, 0.25) is 0 Å². The number of allylic oxidation sites excluding steroid dienone is 3. The van der Waals surface area contributed by atoms with Crippen LogP contribution in [0.3, 0.4) is 0 Å². The highest BCUT2D eigenvalue weighted by atomic mass is 31.2. The van der Waals surface area contributed by atoms with Gasteiger partial charge >= 0.3 is 7.60 Å². The molecule has 0 aliphatic carbocycles. The summed E-state index contributed by atoms with van der Waals surface area (Å²) in [6.45, 7) is 3.82. The van der Waals surface area contributed by atoms with Crippen LogP contribution >= 0.6 is 7.60 Å². The Morgan fingerprint density at radius 1 is 0.697 bits per heavy atom. The van der Waals surface area contributed by atoms with Crippen molar-refractivity contribution < 1.29 is 23.9 Å². The molecule has 0 aromatic heterocycles. The quantitative estimate of drug-likeness (QED) is 0.0609. The van der Waals surface area contributed by atoms with Gasteiger partial charge in [-0.2, -0.15) is 0 Å². The van der Waals surface area contributed by atoms with Gasteiger partial charge in [0.25, 0.3) is 0 Å². The lowest BCUT2D eigenvalue weighted by Crippen LogP contribution is -2.49. The van der Waals surface area contributed by atoms with Crippen molar-refractivity contribution in [3.8, 4) is 0 Å². The fourth-order valence-electron chi connectivity index (χ4n) is 4.30. The molecule has 0 aromatic rings. The first-order valence-corrected chi connectivity index (χ1v) is 15.0. The average molecular weight is 489 g/mol. The maximum Gasteiger partial charge on any atom is 0.362 e. The number of hydrogen-bond acceptors (Lipinski definition) is 2. The topological polar surface area (TPSA) is 77.8 Å². The van der Waals surface area contributed by atoms with E-state index in [0.717, 1.165) is 25.7 Å². The summed E-state index contributed by atoms with van der Waals surface area (Å²) in [5.74, 6) is 0. The van der Waals surface area contributed by atoms with E-state index in [1.807, 2.05) is 27.2 Å². The summed E-state index contributed by atoms with van der Waals surface area (Å²) in [7, 11) is 0.969. The molecule has 3 N–H and O–H groups in total. The Morgan fingerprint density at radius 2 is 1.06 bits per heavy atom. The molecule has 0 bridgehead atoms. The second kappa shape index (κ2) is 18.8. The van der Waals surface area contributed by atoms with E-state index in [-0.39, 0.29) is 13.0 Å². The third-order valence-corrected chi connectivity index (χ3v) is 7.61. The van der Waals surface area contributed by atoms with Gasteiger partial charge in [0.05, 0.1) is 21.1 Å². The first kappa shape index (κ1) is 32.5. The summed E-state index contributed by atoms with van der Waals surface area (Å²) < 4.78 is 12.1. The van der Waals surface area contributed by atoms with Crippen LogP contribution in [-0.2, 0) is 4.57 Å². The minimum Gasteiger partial charge on any atom is -0.373 e. The van der Waals surface area contributed by atoms with Crippen LogP contribution in [-0.4, -0.2) is 52.4 Å². The maximum absolute atomic E-state index is 11.8. The first-order chi connectivity index (χ1) is 15.5. The number of quaternary nitrogens is 1. The standard InChI is InChI=1S/C27H54NO4P/c1-5-6-7-8-9-10-11-12-13-14-15-16-17-18-19-20-21-22-23-24-25-27(29,33(30,31)32)26-28(2,3)4/h5,14-15,29H,1,6-13,16-26H2,2-4H3,(H-,30,31,32)/p+1/b15-14-. The molecule has 5 nitrogen and oxygen atoms in total. The van der Waals surface area contributed by atoms with Crippen LogP contribution < -0.4 is 0 Å². The molecule has 1 unspecified atom stereocenters. The van der Waals surface area contributed by atoms with Gasteiger partial charge in [0, 0.05) is 0 Å². The summed E-state index contributed by atoms with van der Waals surface area (Å²) in [6, 6.07) is 0. The zero-order valence-electron chi connectivity index (χ0n) is 22.0. The fraction of sp³-hybridized carbons (Fsp3) is 0.852. The minimum atomic E-state index is -4.55. The van der Waals surface area contributed by atoms with Crippen molar-refractivity contribution in [3.05, 3.63) is 24.8 Å². The molecule has 0 aliphatic heterocycles. The molecule has 0 saturated carbocycles. The van der Waals surface area contributed by atoms with Crippen molar-refractivity contribution in [1.29, 1.82) is 0 Å². The van der Waals surface area contributed by atoms with E-state index in [0.29, 0.717) is 10.9 Å². The third kappa shape index (κ3) is 19.5. The number of unbranched alkanes of at least 4 members (excludes halogenated alkanes) is 15. The molecule has 0 heterocycles. The summed E-state index contributed by atoms with van der Waals surface area (Å²) >= 11 is 0. The molecule has 0 aliphatic rings. The Kier molecular flexibility index (Phi) is 18.6. The van der Waals surface area contributed by atoms with Gasteiger partial charge in [-0.3, -0.25) is 4.57 Å². The Morgan fingerprint density at radius 3 is 1.42 bits per heavy atom. The summed E-state index contributed by atoms with van der Waals surface area (Å²) in [6.07, 6.45) is 27.3. The maximum atomic E-state index is 11.8. The fourth-order valence-corrected chi connectivity index (χ4v) is 5.36. The molecule has 0 radical (unpaired) electrons. The van der Waals surface area contributed by atoms with Crippen molar-refractivity contribution in [2.75, 3.05) is 27.7 Å². The van der Waals surface area contributed by atoms with Gasteiger partial charge in [-0.15, -0.1) is 6.58 Å². The normalized spacial score (nSPS) is 14.6. The monoisotopic (exact) mass is 488 g/mol. The predicted octanol–water partition coefficient (Wildman–Crippen LogP) is 7.32. The van der Waals surface area contributed by atoms with Gasteiger partial charge in [0.15, 0.2) is 0 Å². The Balaban J connectivity index is 3.58. The molecule has 6 heteroatoms. The molecule has 1 atom stereocenters. The van der Waals surface area contributed by atoms with Crippen molar-refractivity contribution in [1.82, 2.24) is 0 Å². The van der Waals surface area contributed by atoms with Crippen LogP contribution in [0.4, 0.5) is 0 Å². The first-order valence-electron chi connectivity index (χ1n) is 13.4. The van der Waals surface area contributed by atoms with Gasteiger partial charge in [-0.1, -0.05) is 82.4 Å². The van der Waals surface area contributed by atoms with Crippen molar-refractivity contribution in [3.63, 3.8) is 0 Å². The zero-order valence-corrected chi connectivity index (χ0v) is 22.9. The number of aliphatic hydroxyl groups is 1. The van der Waals surface area contributed by atoms with E-state index in [2.05, 4.69) is 18.7 Å². The van der Waals surface area contributed by atoms with Gasteiger partial charge in [-0.05, 0) is 51.4 Å². The van der Waals surface area contributed by atoms with Crippen LogP contribution in [0, 0.1) is 0 Å². The Hall–Kier alpha value is -0.450. The minimum absolute atomic E-state index is 0.0577. The molecule has 0 spiro atoms. The van der Waals surface area contributed by atoms with Crippen LogP contribution in [0.25, 0.3) is 0 Å². The average Bonchev–Trinajstić information content (AvgIpc) is 2.70. The molecule has 33 heavy (non-hydrogen) atoms. The van der Waals surface area contributed by atoms with Gasteiger partial charge in [0.2, 0.25) is 5.34 Å². The van der Waals surface area contributed by atoms with E-state index in [9.17, 15) is 19.5 Å². The number of rotatable bonds is 23. The highest BCUT2D eigenvalue weighted by Crippen LogP contribution is 2.52. The SMILES string of the molecule is C=CCCCCCCCC/C=C\CCCCCCCCCCC(O)(C[N+](C)(C)C)P(=O)(O)O. The van der Waals surface area contributed by atoms with Crippen molar-refractivity contribution >= 4 is 7.60 Å². The smallest absolute Gasteiger partial charge is 0.362 e. The van der Waals surface area contributed by atoms with Gasteiger partial charge in [-0.25, -0.2) is 0 Å². The summed E-state index contributed by atoms with van der Waals surface area (Å²) in [5.41, 5.74) is 0. The van der Waals surface area contributed by atoms with Crippen LogP contribution in [0.15, 0.2) is 24.8 Å². The lowest BCUT2D eigenvalue weighted by molar-refractivity contribution is -0.875. The van der Waals surface area contributed by atoms with E-state index in [1.165, 1.54) is 77.0 Å². The Bertz CT molecular complexity index is 553. The molecule has 0 aromatic carbocycles. The number of hydrogen-bond donors (Lipinski definition) is 3. The second-order valence-corrected chi connectivity index (χ2v) is 12.7. The number of likely N-dealkylation sites (N-methyl/N-ethyl adjacent to an activating group) is 1.